The molecule has 7 heteroatoms. The van der Waals surface area contributed by atoms with Gasteiger partial charge in [-0.2, -0.15) is 0 Å². The molecule has 0 radical (unpaired) electrons. The fourth-order valence-electron chi connectivity index (χ4n) is 1.40. The van der Waals surface area contributed by atoms with Crippen molar-refractivity contribution in [2.24, 2.45) is 11.1 Å². The summed E-state index contributed by atoms with van der Waals surface area (Å²) in [5, 5.41) is 4.79. The first kappa shape index (κ1) is 16.5. The maximum Gasteiger partial charge on any atom is 0.342 e. The average Bonchev–Trinajstić information content (AvgIpc) is 2.33. The van der Waals surface area contributed by atoms with E-state index in [1.807, 2.05) is 20.8 Å². The summed E-state index contributed by atoms with van der Waals surface area (Å²) in [5.41, 5.74) is 1.03. The Kier molecular flexibility index (Phi) is 5.52. The highest BCUT2D eigenvalue weighted by molar-refractivity contribution is 7.88. The predicted molar refractivity (Wildman–Crippen MR) is 74.9 cm³/mol. The molecule has 20 heavy (non-hydrogen) atoms. The fourth-order valence-corrected chi connectivity index (χ4v) is 1.67. The van der Waals surface area contributed by atoms with Crippen molar-refractivity contribution in [1.82, 2.24) is 0 Å². The molecule has 0 saturated carbocycles. The van der Waals surface area contributed by atoms with Crippen LogP contribution in [0.25, 0.3) is 0 Å². The molecule has 0 aliphatic heterocycles. The number of hydrogen-bond donors (Lipinski definition) is 1. The van der Waals surface area contributed by atoms with Crippen LogP contribution < -0.4 is 9.88 Å². The highest BCUT2D eigenvalue weighted by atomic mass is 32.2. The van der Waals surface area contributed by atoms with Crippen molar-refractivity contribution in [2.45, 2.75) is 20.8 Å². The summed E-state index contributed by atoms with van der Waals surface area (Å²) in [4.78, 5) is 11.9. The Morgan fingerprint density at radius 1 is 1.35 bits per heavy atom. The van der Waals surface area contributed by atoms with Gasteiger partial charge < -0.3 is 9.47 Å². The van der Waals surface area contributed by atoms with E-state index in [0.717, 1.165) is 5.56 Å². The van der Waals surface area contributed by atoms with Crippen LogP contribution in [0, 0.1) is 12.8 Å². The second kappa shape index (κ2) is 6.71. The summed E-state index contributed by atoms with van der Waals surface area (Å²) in [5.74, 6) is -0.974. The van der Waals surface area contributed by atoms with E-state index < -0.39 is 21.9 Å². The number of rotatable bonds is 6. The molecule has 0 bridgehead atoms. The van der Waals surface area contributed by atoms with Crippen LogP contribution in [0.2, 0.25) is 0 Å². The Bertz CT molecular complexity index is 580. The largest absolute Gasteiger partial charge is 0.492 e. The smallest absolute Gasteiger partial charge is 0.342 e. The third-order valence-corrected chi connectivity index (χ3v) is 2.73. The van der Waals surface area contributed by atoms with E-state index in [-0.39, 0.29) is 5.56 Å². The van der Waals surface area contributed by atoms with Gasteiger partial charge in [-0.1, -0.05) is 25.5 Å². The summed E-state index contributed by atoms with van der Waals surface area (Å²) in [6, 6.07) is 5.04. The molecule has 0 saturated heterocycles. The van der Waals surface area contributed by atoms with Crippen molar-refractivity contribution in [3.05, 3.63) is 29.3 Å². The van der Waals surface area contributed by atoms with Crippen molar-refractivity contribution >= 4 is 16.0 Å². The second-order valence-corrected chi connectivity index (χ2v) is 6.48. The van der Waals surface area contributed by atoms with Crippen molar-refractivity contribution < 1.29 is 22.7 Å². The maximum absolute atomic E-state index is 11.9. The quantitative estimate of drug-likeness (QED) is 0.802. The van der Waals surface area contributed by atoms with E-state index in [1.165, 1.54) is 0 Å². The lowest BCUT2D eigenvalue weighted by Crippen LogP contribution is -2.21. The molecule has 0 fully saturated rings. The van der Waals surface area contributed by atoms with Crippen LogP contribution >= 0.6 is 0 Å². The molecule has 0 amide bonds. The number of nitrogens with two attached hydrogens (primary N) is 1. The topological polar surface area (TPSA) is 95.7 Å². The Morgan fingerprint density at radius 3 is 2.55 bits per heavy atom. The summed E-state index contributed by atoms with van der Waals surface area (Å²) in [6.07, 6.45) is 0. The number of ether oxygens (including phenoxy) is 2. The van der Waals surface area contributed by atoms with Gasteiger partial charge >= 0.3 is 5.97 Å². The van der Waals surface area contributed by atoms with Crippen LogP contribution in [-0.2, 0) is 14.8 Å². The van der Waals surface area contributed by atoms with Crippen LogP contribution in [-0.4, -0.2) is 26.9 Å². The minimum Gasteiger partial charge on any atom is -0.492 e. The highest BCUT2D eigenvalue weighted by Gasteiger charge is 2.17. The first-order valence-electron chi connectivity index (χ1n) is 6.10. The Hall–Kier alpha value is -1.60. The second-order valence-electron chi connectivity index (χ2n) is 4.92. The highest BCUT2D eigenvalue weighted by Crippen LogP contribution is 2.21. The molecule has 0 aliphatic carbocycles. The summed E-state index contributed by atoms with van der Waals surface area (Å²) in [7, 11) is -3.86. The van der Waals surface area contributed by atoms with Crippen molar-refractivity contribution in [3.8, 4) is 5.75 Å². The summed E-state index contributed by atoms with van der Waals surface area (Å²) in [6.45, 7) is 6.21. The maximum atomic E-state index is 11.9. The van der Waals surface area contributed by atoms with E-state index in [9.17, 15) is 13.2 Å². The van der Waals surface area contributed by atoms with Crippen molar-refractivity contribution in [1.29, 1.82) is 0 Å². The molecule has 1 aromatic carbocycles. The number of carbonyl (C=O) groups is 1. The van der Waals surface area contributed by atoms with Gasteiger partial charge in [0.2, 0.25) is 16.0 Å². The number of esters is 1. The molecule has 0 atom stereocenters. The predicted octanol–water partition coefficient (Wildman–Crippen LogP) is 1.43. The van der Waals surface area contributed by atoms with Crippen LogP contribution in [0.4, 0.5) is 0 Å². The lowest BCUT2D eigenvalue weighted by molar-refractivity contribution is 0.0565. The molecule has 2 N–H and O–H groups in total. The normalized spacial score (nSPS) is 11.4. The zero-order chi connectivity index (χ0) is 15.3. The standard InChI is InChI=1S/C13H19NO5S/c1-9(2)7-18-12-5-4-10(3)6-11(12)13(15)19-8-20(14,16)17/h4-6,9H,7-8H2,1-3H3,(H2,14,16,17). The summed E-state index contributed by atoms with van der Waals surface area (Å²) >= 11 is 0. The Morgan fingerprint density at radius 2 is 2.00 bits per heavy atom. The summed E-state index contributed by atoms with van der Waals surface area (Å²) < 4.78 is 31.8. The van der Waals surface area contributed by atoms with Gasteiger partial charge in [-0.25, -0.2) is 18.4 Å². The first-order valence-corrected chi connectivity index (χ1v) is 7.81. The molecule has 1 rings (SSSR count). The monoisotopic (exact) mass is 301 g/mol. The number of sulfonamides is 1. The molecule has 0 unspecified atom stereocenters. The van der Waals surface area contributed by atoms with Gasteiger partial charge in [-0.15, -0.1) is 0 Å². The van der Waals surface area contributed by atoms with Crippen molar-refractivity contribution in [2.75, 3.05) is 12.5 Å². The molecule has 0 aromatic heterocycles. The molecule has 6 nitrogen and oxygen atoms in total. The van der Waals surface area contributed by atoms with E-state index >= 15 is 0 Å². The molecule has 1 aromatic rings. The molecule has 0 aliphatic rings. The van der Waals surface area contributed by atoms with Crippen molar-refractivity contribution in [3.63, 3.8) is 0 Å². The Balaban J connectivity index is 2.90. The number of primary sulfonamides is 1. The number of carbonyl (C=O) groups excluding carboxylic acids is 1. The molecule has 0 heterocycles. The third-order valence-electron chi connectivity index (χ3n) is 2.28. The van der Waals surface area contributed by atoms with Gasteiger partial charge in [0.25, 0.3) is 0 Å². The Labute approximate surface area is 118 Å². The lowest BCUT2D eigenvalue weighted by Gasteiger charge is -2.13. The van der Waals surface area contributed by atoms with Gasteiger partial charge in [0.1, 0.15) is 11.3 Å². The molecular weight excluding hydrogens is 282 g/mol. The zero-order valence-corrected chi connectivity index (χ0v) is 12.6. The number of benzene rings is 1. The average molecular weight is 301 g/mol. The van der Waals surface area contributed by atoms with Crippen LogP contribution in [0.15, 0.2) is 18.2 Å². The van der Waals surface area contributed by atoms with E-state index in [1.54, 1.807) is 18.2 Å². The minimum absolute atomic E-state index is 0.189. The van der Waals surface area contributed by atoms with E-state index in [0.29, 0.717) is 18.3 Å². The van der Waals surface area contributed by atoms with E-state index in [2.05, 4.69) is 4.74 Å². The van der Waals surface area contributed by atoms with Gasteiger partial charge in [0, 0.05) is 0 Å². The molecule has 112 valence electrons. The zero-order valence-electron chi connectivity index (χ0n) is 11.8. The van der Waals surface area contributed by atoms with Gasteiger partial charge in [-0.3, -0.25) is 0 Å². The van der Waals surface area contributed by atoms with Crippen LogP contribution in [0.5, 0.6) is 5.75 Å². The molecular formula is C13H19NO5S. The fraction of sp³-hybridized carbons (Fsp3) is 0.462. The van der Waals surface area contributed by atoms with Crippen LogP contribution in [0.1, 0.15) is 29.8 Å². The number of aryl methyl sites for hydroxylation is 1. The number of hydrogen-bond acceptors (Lipinski definition) is 5. The first-order chi connectivity index (χ1) is 9.19. The van der Waals surface area contributed by atoms with Gasteiger partial charge in [0.15, 0.2) is 0 Å². The van der Waals surface area contributed by atoms with Gasteiger partial charge in [-0.05, 0) is 25.0 Å². The third kappa shape index (κ3) is 5.58. The molecule has 0 spiro atoms. The van der Waals surface area contributed by atoms with E-state index in [4.69, 9.17) is 9.88 Å². The van der Waals surface area contributed by atoms with Gasteiger partial charge in [0.05, 0.1) is 6.61 Å². The minimum atomic E-state index is -3.86. The SMILES string of the molecule is Cc1ccc(OCC(C)C)c(C(=O)OCS(N)(=O)=O)c1. The lowest BCUT2D eigenvalue weighted by atomic mass is 10.1. The van der Waals surface area contributed by atoms with Crippen LogP contribution in [0.3, 0.4) is 0 Å².